The molecule has 0 bridgehead atoms. The van der Waals surface area contributed by atoms with E-state index in [2.05, 4.69) is 16.5 Å². The van der Waals surface area contributed by atoms with Gasteiger partial charge < -0.3 is 16.2 Å². The number of nitrogens with one attached hydrogen (secondary N) is 1. The van der Waals surface area contributed by atoms with Gasteiger partial charge in [0.2, 0.25) is 0 Å². The summed E-state index contributed by atoms with van der Waals surface area (Å²) in [6.45, 7) is 4.32. The van der Waals surface area contributed by atoms with Crippen molar-refractivity contribution in [1.29, 1.82) is 5.26 Å². The Hall–Kier alpha value is -3.44. The first kappa shape index (κ1) is 19.9. The molecule has 1 aromatic carbocycles. The van der Waals surface area contributed by atoms with Crippen LogP contribution in [0, 0.1) is 11.3 Å². The van der Waals surface area contributed by atoms with Crippen molar-refractivity contribution < 1.29 is 9.90 Å². The number of carboxylic acids is 1. The summed E-state index contributed by atoms with van der Waals surface area (Å²) in [6, 6.07) is 11.5. The first-order valence-corrected chi connectivity index (χ1v) is 9.92. The molecule has 1 aliphatic rings. The Morgan fingerprint density at radius 3 is 2.67 bits per heavy atom. The number of nitrogens with zero attached hydrogens (tertiary/aromatic N) is 4. The van der Waals surface area contributed by atoms with Crippen LogP contribution >= 0.6 is 0 Å². The van der Waals surface area contributed by atoms with Crippen LogP contribution in [0.2, 0.25) is 0 Å². The Morgan fingerprint density at radius 2 is 2.07 bits per heavy atom. The standard InChI is InChI=1S/C22H24N6O2/c1-22(2,12-23)15-6-3-13(4-7-15)16-11-26-28-19(24)9-18(27-20(16)28)14-5-8-17(21(29)30)25-10-14/h3-4,6-7,9,11,14,17,25H,5,8,10,24H2,1-2H3,(H,29,30). The fourth-order valence-electron chi connectivity index (χ4n) is 3.87. The molecule has 2 aromatic heterocycles. The smallest absolute Gasteiger partial charge is 0.320 e. The zero-order valence-electron chi connectivity index (χ0n) is 17.0. The zero-order valence-corrected chi connectivity index (χ0v) is 17.0. The summed E-state index contributed by atoms with van der Waals surface area (Å²) in [7, 11) is 0. The lowest BCUT2D eigenvalue weighted by Gasteiger charge is -2.27. The van der Waals surface area contributed by atoms with Crippen molar-refractivity contribution in [3.8, 4) is 17.2 Å². The summed E-state index contributed by atoms with van der Waals surface area (Å²) in [5, 5.41) is 26.0. The number of hydrogen-bond acceptors (Lipinski definition) is 6. The molecular weight excluding hydrogens is 380 g/mol. The number of benzene rings is 1. The molecule has 0 aliphatic carbocycles. The van der Waals surface area contributed by atoms with E-state index in [0.29, 0.717) is 24.4 Å². The Morgan fingerprint density at radius 1 is 1.33 bits per heavy atom. The largest absolute Gasteiger partial charge is 0.480 e. The molecule has 154 valence electrons. The number of aromatic nitrogens is 3. The second-order valence-electron chi connectivity index (χ2n) is 8.29. The van der Waals surface area contributed by atoms with Crippen LogP contribution in [-0.4, -0.2) is 38.3 Å². The molecule has 0 radical (unpaired) electrons. The number of aliphatic carboxylic acids is 1. The van der Waals surface area contributed by atoms with Gasteiger partial charge in [0.1, 0.15) is 11.9 Å². The lowest BCUT2D eigenvalue weighted by atomic mass is 9.86. The summed E-state index contributed by atoms with van der Waals surface area (Å²) in [5.41, 5.74) is 9.93. The van der Waals surface area contributed by atoms with Crippen LogP contribution in [0.25, 0.3) is 16.8 Å². The molecule has 1 saturated heterocycles. The molecule has 0 saturated carbocycles. The molecule has 4 N–H and O–H groups in total. The summed E-state index contributed by atoms with van der Waals surface area (Å²) in [4.78, 5) is 16.0. The van der Waals surface area contributed by atoms with E-state index in [4.69, 9.17) is 10.7 Å². The minimum atomic E-state index is -0.822. The highest BCUT2D eigenvalue weighted by molar-refractivity contribution is 5.78. The van der Waals surface area contributed by atoms with E-state index in [-0.39, 0.29) is 5.92 Å². The number of fused-ring (bicyclic) bond motifs is 1. The maximum atomic E-state index is 11.2. The first-order chi connectivity index (χ1) is 14.3. The van der Waals surface area contributed by atoms with Gasteiger partial charge >= 0.3 is 5.97 Å². The molecular formula is C22H24N6O2. The van der Waals surface area contributed by atoms with Crippen LogP contribution in [0.4, 0.5) is 5.82 Å². The van der Waals surface area contributed by atoms with Crippen LogP contribution in [-0.2, 0) is 10.2 Å². The SMILES string of the molecule is CC(C)(C#N)c1ccc(-c2cnn3c(N)cc(C4CCC(C(=O)O)NC4)nc23)cc1. The van der Waals surface area contributed by atoms with Crippen molar-refractivity contribution in [3.63, 3.8) is 0 Å². The number of rotatable bonds is 4. The number of carboxylic acid groups (broad SMARTS) is 1. The van der Waals surface area contributed by atoms with E-state index in [0.717, 1.165) is 28.8 Å². The number of anilines is 1. The van der Waals surface area contributed by atoms with Crippen molar-refractivity contribution in [2.75, 3.05) is 12.3 Å². The van der Waals surface area contributed by atoms with Gasteiger partial charge in [0.15, 0.2) is 5.65 Å². The van der Waals surface area contributed by atoms with E-state index in [1.54, 1.807) is 10.7 Å². The summed E-state index contributed by atoms with van der Waals surface area (Å²) in [5.74, 6) is -0.240. The highest BCUT2D eigenvalue weighted by Crippen LogP contribution is 2.31. The molecule has 1 aliphatic heterocycles. The van der Waals surface area contributed by atoms with Gasteiger partial charge in [-0.3, -0.25) is 4.79 Å². The van der Waals surface area contributed by atoms with E-state index in [1.807, 2.05) is 44.2 Å². The quantitative estimate of drug-likeness (QED) is 0.609. The van der Waals surface area contributed by atoms with E-state index in [9.17, 15) is 15.2 Å². The maximum Gasteiger partial charge on any atom is 0.320 e. The Kier molecular flexibility index (Phi) is 4.92. The Balaban J connectivity index is 1.68. The summed E-state index contributed by atoms with van der Waals surface area (Å²) < 4.78 is 1.61. The van der Waals surface area contributed by atoms with Gasteiger partial charge in [-0.2, -0.15) is 14.9 Å². The van der Waals surface area contributed by atoms with Crippen molar-refractivity contribution in [2.45, 2.75) is 44.1 Å². The molecule has 0 amide bonds. The third-order valence-electron chi connectivity index (χ3n) is 5.85. The second-order valence-corrected chi connectivity index (χ2v) is 8.29. The third-order valence-corrected chi connectivity index (χ3v) is 5.85. The van der Waals surface area contributed by atoms with Crippen LogP contribution in [0.15, 0.2) is 36.5 Å². The maximum absolute atomic E-state index is 11.2. The van der Waals surface area contributed by atoms with Crippen molar-refractivity contribution in [2.24, 2.45) is 0 Å². The fourth-order valence-corrected chi connectivity index (χ4v) is 3.87. The lowest BCUT2D eigenvalue weighted by Crippen LogP contribution is -2.43. The average Bonchev–Trinajstić information content (AvgIpc) is 3.18. The number of carbonyl (C=O) groups is 1. The van der Waals surface area contributed by atoms with Gasteiger partial charge in [-0.1, -0.05) is 24.3 Å². The monoisotopic (exact) mass is 404 g/mol. The van der Waals surface area contributed by atoms with Crippen LogP contribution in [0.5, 0.6) is 0 Å². The topological polar surface area (TPSA) is 129 Å². The van der Waals surface area contributed by atoms with Gasteiger partial charge in [0.25, 0.3) is 0 Å². The predicted molar refractivity (Wildman–Crippen MR) is 113 cm³/mol. The van der Waals surface area contributed by atoms with Crippen molar-refractivity contribution >= 4 is 17.4 Å². The van der Waals surface area contributed by atoms with Gasteiger partial charge in [0, 0.05) is 24.1 Å². The molecule has 1 fully saturated rings. The predicted octanol–water partition coefficient (Wildman–Crippen LogP) is 2.70. The number of piperidine rings is 1. The number of hydrogen-bond donors (Lipinski definition) is 3. The number of nitriles is 1. The number of nitrogen functional groups attached to an aromatic ring is 1. The molecule has 2 unspecified atom stereocenters. The molecule has 8 heteroatoms. The summed E-state index contributed by atoms with van der Waals surface area (Å²) in [6.07, 6.45) is 3.02. The van der Waals surface area contributed by atoms with E-state index >= 15 is 0 Å². The second kappa shape index (κ2) is 7.43. The molecule has 0 spiro atoms. The van der Waals surface area contributed by atoms with Gasteiger partial charge in [-0.05, 0) is 37.8 Å². The van der Waals surface area contributed by atoms with Crippen LogP contribution in [0.1, 0.15) is 43.9 Å². The average molecular weight is 404 g/mol. The number of nitrogens with two attached hydrogens (primary N) is 1. The van der Waals surface area contributed by atoms with Crippen molar-refractivity contribution in [1.82, 2.24) is 19.9 Å². The van der Waals surface area contributed by atoms with Gasteiger partial charge in [-0.15, -0.1) is 0 Å². The van der Waals surface area contributed by atoms with Crippen LogP contribution in [0.3, 0.4) is 0 Å². The normalized spacial score (nSPS) is 19.5. The zero-order chi connectivity index (χ0) is 21.5. The minimum Gasteiger partial charge on any atom is -0.480 e. The van der Waals surface area contributed by atoms with E-state index in [1.165, 1.54) is 0 Å². The molecule has 3 aromatic rings. The van der Waals surface area contributed by atoms with Gasteiger partial charge in [0.05, 0.1) is 23.4 Å². The molecule has 8 nitrogen and oxygen atoms in total. The van der Waals surface area contributed by atoms with Crippen molar-refractivity contribution in [3.05, 3.63) is 47.8 Å². The first-order valence-electron chi connectivity index (χ1n) is 9.92. The fraction of sp³-hybridized carbons (Fsp3) is 0.364. The van der Waals surface area contributed by atoms with Crippen LogP contribution < -0.4 is 11.1 Å². The molecule has 4 rings (SSSR count). The third kappa shape index (κ3) is 3.48. The molecule has 3 heterocycles. The molecule has 2 atom stereocenters. The Bertz CT molecular complexity index is 1130. The summed E-state index contributed by atoms with van der Waals surface area (Å²) >= 11 is 0. The molecule has 30 heavy (non-hydrogen) atoms. The lowest BCUT2D eigenvalue weighted by molar-refractivity contribution is -0.140. The van der Waals surface area contributed by atoms with E-state index < -0.39 is 17.4 Å². The van der Waals surface area contributed by atoms with Gasteiger partial charge in [-0.25, -0.2) is 4.98 Å². The minimum absolute atomic E-state index is 0.0921. The highest BCUT2D eigenvalue weighted by atomic mass is 16.4. The highest BCUT2D eigenvalue weighted by Gasteiger charge is 2.28. The Labute approximate surface area is 174 Å².